The molecule has 0 fully saturated rings. The van der Waals surface area contributed by atoms with Crippen molar-refractivity contribution in [2.24, 2.45) is 0 Å². The maximum Gasteiger partial charge on any atom is 0.247 e. The van der Waals surface area contributed by atoms with Gasteiger partial charge in [0.1, 0.15) is 11.6 Å². The number of alkyl halides is 1. The van der Waals surface area contributed by atoms with Gasteiger partial charge in [-0.2, -0.15) is 0 Å². The predicted octanol–water partition coefficient (Wildman–Crippen LogP) is 3.26. The first-order valence-electron chi connectivity index (χ1n) is 5.45. The second-order valence-corrected chi connectivity index (χ2v) is 3.77. The van der Waals surface area contributed by atoms with Gasteiger partial charge in [0.15, 0.2) is 0 Å². The zero-order chi connectivity index (χ0) is 12.1. The number of ether oxygens (including phenoxy) is 1. The summed E-state index contributed by atoms with van der Waals surface area (Å²) in [7, 11) is 0. The second-order valence-electron chi connectivity index (χ2n) is 3.51. The van der Waals surface area contributed by atoms with Crippen molar-refractivity contribution < 1.29 is 9.15 Å². The molecular weight excluding hydrogens is 240 g/mol. The van der Waals surface area contributed by atoms with Gasteiger partial charge in [0.05, 0.1) is 6.61 Å². The summed E-state index contributed by atoms with van der Waals surface area (Å²) in [6.45, 7) is 2.79. The Morgan fingerprint density at radius 1 is 1.24 bits per heavy atom. The Bertz CT molecular complexity index is 468. The smallest absolute Gasteiger partial charge is 0.247 e. The van der Waals surface area contributed by atoms with Crippen LogP contribution in [-0.4, -0.2) is 16.8 Å². The molecule has 1 heterocycles. The fraction of sp³-hybridized carbons (Fsp3) is 0.333. The van der Waals surface area contributed by atoms with E-state index in [-0.39, 0.29) is 5.88 Å². The molecule has 0 aliphatic carbocycles. The molecule has 0 saturated carbocycles. The zero-order valence-electron chi connectivity index (χ0n) is 9.52. The van der Waals surface area contributed by atoms with E-state index in [0.717, 1.165) is 24.3 Å². The van der Waals surface area contributed by atoms with Crippen LogP contribution >= 0.6 is 11.6 Å². The number of rotatable bonds is 5. The number of aromatic nitrogens is 2. The summed E-state index contributed by atoms with van der Waals surface area (Å²) in [5, 5.41) is 7.71. The highest BCUT2D eigenvalue weighted by Crippen LogP contribution is 2.21. The molecule has 0 N–H and O–H groups in total. The Balaban J connectivity index is 2.11. The molecule has 0 unspecified atom stereocenters. The van der Waals surface area contributed by atoms with Gasteiger partial charge in [-0.3, -0.25) is 0 Å². The summed E-state index contributed by atoms with van der Waals surface area (Å²) >= 11 is 5.59. The quantitative estimate of drug-likeness (QED) is 0.767. The van der Waals surface area contributed by atoms with E-state index in [1.165, 1.54) is 0 Å². The molecule has 0 spiro atoms. The third kappa shape index (κ3) is 2.97. The first kappa shape index (κ1) is 11.9. The van der Waals surface area contributed by atoms with Crippen LogP contribution in [0.15, 0.2) is 28.7 Å². The lowest BCUT2D eigenvalue weighted by molar-refractivity contribution is 0.317. The van der Waals surface area contributed by atoms with Gasteiger partial charge in [-0.15, -0.1) is 21.8 Å². The van der Waals surface area contributed by atoms with Crippen LogP contribution in [0.1, 0.15) is 19.2 Å². The van der Waals surface area contributed by atoms with E-state index in [4.69, 9.17) is 20.8 Å². The molecule has 2 aromatic rings. The van der Waals surface area contributed by atoms with E-state index in [0.29, 0.717) is 11.8 Å². The van der Waals surface area contributed by atoms with E-state index in [2.05, 4.69) is 17.1 Å². The van der Waals surface area contributed by atoms with Crippen LogP contribution in [0.4, 0.5) is 0 Å². The first-order valence-corrected chi connectivity index (χ1v) is 5.98. The molecule has 0 bridgehead atoms. The third-order valence-corrected chi connectivity index (χ3v) is 2.38. The van der Waals surface area contributed by atoms with E-state index < -0.39 is 0 Å². The molecule has 0 atom stereocenters. The number of nitrogens with zero attached hydrogens (tertiary/aromatic N) is 2. The van der Waals surface area contributed by atoms with Gasteiger partial charge in [-0.1, -0.05) is 6.92 Å². The summed E-state index contributed by atoms with van der Waals surface area (Å²) in [6.07, 6.45) is 0.991. The summed E-state index contributed by atoms with van der Waals surface area (Å²) in [5.74, 6) is 1.97. The lowest BCUT2D eigenvalue weighted by atomic mass is 10.2. The third-order valence-electron chi connectivity index (χ3n) is 2.16. The van der Waals surface area contributed by atoms with Crippen LogP contribution < -0.4 is 4.74 Å². The van der Waals surface area contributed by atoms with Crippen LogP contribution in [-0.2, 0) is 5.88 Å². The average molecular weight is 253 g/mol. The molecule has 17 heavy (non-hydrogen) atoms. The largest absolute Gasteiger partial charge is 0.494 e. The van der Waals surface area contributed by atoms with Crippen molar-refractivity contribution in [2.45, 2.75) is 19.2 Å². The van der Waals surface area contributed by atoms with E-state index in [1.54, 1.807) is 0 Å². The van der Waals surface area contributed by atoms with Gasteiger partial charge < -0.3 is 9.15 Å². The molecule has 0 amide bonds. The fourth-order valence-electron chi connectivity index (χ4n) is 1.34. The van der Waals surface area contributed by atoms with Crippen LogP contribution in [0, 0.1) is 0 Å². The predicted molar refractivity (Wildman–Crippen MR) is 65.1 cm³/mol. The van der Waals surface area contributed by atoms with Crippen molar-refractivity contribution >= 4 is 11.6 Å². The summed E-state index contributed by atoms with van der Waals surface area (Å²) in [4.78, 5) is 0. The van der Waals surface area contributed by atoms with E-state index in [9.17, 15) is 0 Å². The molecule has 0 aliphatic heterocycles. The molecule has 0 aliphatic rings. The van der Waals surface area contributed by atoms with Gasteiger partial charge in [0.2, 0.25) is 11.8 Å². The van der Waals surface area contributed by atoms with Gasteiger partial charge in [0.25, 0.3) is 0 Å². The maximum absolute atomic E-state index is 5.59. The number of halogens is 1. The normalized spacial score (nSPS) is 10.5. The highest BCUT2D eigenvalue weighted by molar-refractivity contribution is 6.16. The number of hydrogen-bond acceptors (Lipinski definition) is 4. The molecule has 4 nitrogen and oxygen atoms in total. The van der Waals surface area contributed by atoms with Crippen molar-refractivity contribution in [1.29, 1.82) is 0 Å². The Labute approximate surface area is 105 Å². The molecule has 0 radical (unpaired) electrons. The van der Waals surface area contributed by atoms with Crippen LogP contribution in [0.2, 0.25) is 0 Å². The van der Waals surface area contributed by atoms with Crippen molar-refractivity contribution in [3.05, 3.63) is 30.2 Å². The van der Waals surface area contributed by atoms with Crippen molar-refractivity contribution in [3.63, 3.8) is 0 Å². The molecular formula is C12H13ClN2O2. The Morgan fingerprint density at radius 3 is 2.59 bits per heavy atom. The average Bonchev–Trinajstić information content (AvgIpc) is 2.86. The minimum absolute atomic E-state index is 0.227. The number of benzene rings is 1. The molecule has 1 aromatic heterocycles. The SMILES string of the molecule is CCCOc1ccc(-c2nnc(CCl)o2)cc1. The van der Waals surface area contributed by atoms with Crippen molar-refractivity contribution in [1.82, 2.24) is 10.2 Å². The lowest BCUT2D eigenvalue weighted by Crippen LogP contribution is -1.94. The van der Waals surface area contributed by atoms with Crippen LogP contribution in [0.25, 0.3) is 11.5 Å². The molecule has 2 rings (SSSR count). The Morgan fingerprint density at radius 2 is 2.00 bits per heavy atom. The molecule has 1 aromatic carbocycles. The van der Waals surface area contributed by atoms with Gasteiger partial charge in [-0.25, -0.2) is 0 Å². The first-order chi connectivity index (χ1) is 8.33. The lowest BCUT2D eigenvalue weighted by Gasteiger charge is -2.03. The molecule has 90 valence electrons. The van der Waals surface area contributed by atoms with E-state index in [1.807, 2.05) is 24.3 Å². The Kier molecular flexibility index (Phi) is 3.98. The highest BCUT2D eigenvalue weighted by Gasteiger charge is 2.07. The Hall–Kier alpha value is -1.55. The minimum atomic E-state index is 0.227. The van der Waals surface area contributed by atoms with Crippen LogP contribution in [0.3, 0.4) is 0 Å². The standard InChI is InChI=1S/C12H13ClN2O2/c1-2-7-16-10-5-3-9(4-6-10)12-15-14-11(8-13)17-12/h3-6H,2,7-8H2,1H3. The fourth-order valence-corrected chi connectivity index (χ4v) is 1.45. The molecule has 5 heteroatoms. The van der Waals surface area contributed by atoms with Crippen molar-refractivity contribution in [2.75, 3.05) is 6.61 Å². The number of hydrogen-bond donors (Lipinski definition) is 0. The maximum atomic E-state index is 5.59. The second kappa shape index (κ2) is 5.68. The summed E-state index contributed by atoms with van der Waals surface area (Å²) < 4.78 is 10.8. The molecule has 0 saturated heterocycles. The minimum Gasteiger partial charge on any atom is -0.494 e. The monoisotopic (exact) mass is 252 g/mol. The highest BCUT2D eigenvalue weighted by atomic mass is 35.5. The van der Waals surface area contributed by atoms with Crippen LogP contribution in [0.5, 0.6) is 5.75 Å². The van der Waals surface area contributed by atoms with Gasteiger partial charge in [0, 0.05) is 5.56 Å². The zero-order valence-corrected chi connectivity index (χ0v) is 10.3. The van der Waals surface area contributed by atoms with E-state index >= 15 is 0 Å². The van der Waals surface area contributed by atoms with Crippen molar-refractivity contribution in [3.8, 4) is 17.2 Å². The summed E-state index contributed by atoms with van der Waals surface area (Å²) in [6, 6.07) is 7.54. The van der Waals surface area contributed by atoms with Gasteiger partial charge >= 0.3 is 0 Å². The summed E-state index contributed by atoms with van der Waals surface area (Å²) in [5.41, 5.74) is 0.859. The van der Waals surface area contributed by atoms with Gasteiger partial charge in [-0.05, 0) is 30.7 Å². The topological polar surface area (TPSA) is 48.2 Å².